The Kier molecular flexibility index (Phi) is 18.2. The molecule has 1 unspecified atom stereocenters. The van der Waals surface area contributed by atoms with E-state index in [-0.39, 0.29) is 6.10 Å². The lowest BCUT2D eigenvalue weighted by Gasteiger charge is -2.08. The van der Waals surface area contributed by atoms with Crippen LogP contribution in [0.4, 0.5) is 0 Å². The largest absolute Gasteiger partial charge is 0.393 e. The van der Waals surface area contributed by atoms with Gasteiger partial charge in [0.25, 0.3) is 0 Å². The molecule has 0 radical (unpaired) electrons. The predicted octanol–water partition coefficient (Wildman–Crippen LogP) is 6.63. The Hall–Kier alpha value is -0.480. The van der Waals surface area contributed by atoms with Crippen molar-refractivity contribution in [2.75, 3.05) is 0 Å². The van der Waals surface area contributed by atoms with Crippen LogP contribution in [-0.4, -0.2) is 11.2 Å². The van der Waals surface area contributed by atoms with Gasteiger partial charge in [-0.25, -0.2) is 0 Å². The van der Waals surface area contributed by atoms with Crippen LogP contribution >= 0.6 is 0 Å². The number of aliphatic hydroxyl groups excluding tert-OH is 1. The lowest BCUT2D eigenvalue weighted by molar-refractivity contribution is 0.152. The fourth-order valence-corrected chi connectivity index (χ4v) is 2.97. The highest BCUT2D eigenvalue weighted by Crippen LogP contribution is 2.14. The van der Waals surface area contributed by atoms with Gasteiger partial charge in [-0.05, 0) is 12.8 Å². The van der Waals surface area contributed by atoms with Crippen LogP contribution in [0.5, 0.6) is 0 Å². The van der Waals surface area contributed by atoms with Gasteiger partial charge in [-0.15, -0.1) is 12.3 Å². The summed E-state index contributed by atoms with van der Waals surface area (Å²) in [6.07, 6.45) is 26.8. The van der Waals surface area contributed by atoms with Crippen LogP contribution in [0.25, 0.3) is 0 Å². The monoisotopic (exact) mass is 308 g/mol. The zero-order chi connectivity index (χ0) is 16.3. The van der Waals surface area contributed by atoms with Crippen molar-refractivity contribution >= 4 is 0 Å². The third-order valence-electron chi connectivity index (χ3n) is 4.51. The summed E-state index contributed by atoms with van der Waals surface area (Å²) in [6, 6.07) is 0. The molecule has 0 aromatic carbocycles. The highest BCUT2D eigenvalue weighted by Gasteiger charge is 2.02. The summed E-state index contributed by atoms with van der Waals surface area (Å²) in [6.45, 7) is 2.28. The summed E-state index contributed by atoms with van der Waals surface area (Å²) in [5.41, 5.74) is 0. The van der Waals surface area contributed by atoms with E-state index in [1.54, 1.807) is 0 Å². The van der Waals surface area contributed by atoms with Gasteiger partial charge in [0.1, 0.15) is 0 Å². The smallest absolute Gasteiger partial charge is 0.0549 e. The van der Waals surface area contributed by atoms with Gasteiger partial charge in [0, 0.05) is 6.42 Å². The van der Waals surface area contributed by atoms with Crippen molar-refractivity contribution in [2.24, 2.45) is 0 Å². The minimum Gasteiger partial charge on any atom is -0.393 e. The lowest BCUT2D eigenvalue weighted by atomic mass is 10.0. The minimum atomic E-state index is -0.173. The molecule has 1 N–H and O–H groups in total. The number of unbranched alkanes of at least 4 members (excludes halogenated alkanes) is 13. The maximum absolute atomic E-state index is 9.68. The van der Waals surface area contributed by atoms with Crippen LogP contribution in [0.2, 0.25) is 0 Å². The maximum atomic E-state index is 9.68. The zero-order valence-electron chi connectivity index (χ0n) is 15.1. The molecule has 1 atom stereocenters. The molecule has 130 valence electrons. The number of terminal acetylenes is 1. The van der Waals surface area contributed by atoms with Crippen molar-refractivity contribution in [1.82, 2.24) is 0 Å². The van der Waals surface area contributed by atoms with E-state index < -0.39 is 0 Å². The first-order valence-electron chi connectivity index (χ1n) is 9.92. The van der Waals surface area contributed by atoms with Crippen LogP contribution < -0.4 is 0 Å². The molecule has 0 amide bonds. The highest BCUT2D eigenvalue weighted by molar-refractivity contribution is 4.84. The third kappa shape index (κ3) is 17.6. The summed E-state index contributed by atoms with van der Waals surface area (Å²) in [7, 11) is 0. The Morgan fingerprint density at radius 2 is 1.09 bits per heavy atom. The van der Waals surface area contributed by atoms with Gasteiger partial charge in [-0.3, -0.25) is 0 Å². The molecule has 0 aliphatic carbocycles. The van der Waals surface area contributed by atoms with Crippen molar-refractivity contribution < 1.29 is 5.11 Å². The van der Waals surface area contributed by atoms with Crippen molar-refractivity contribution in [3.63, 3.8) is 0 Å². The van der Waals surface area contributed by atoms with Crippen LogP contribution in [0.3, 0.4) is 0 Å². The average molecular weight is 309 g/mol. The molecule has 0 aromatic rings. The summed E-state index contributed by atoms with van der Waals surface area (Å²) < 4.78 is 0. The van der Waals surface area contributed by atoms with Gasteiger partial charge in [0.15, 0.2) is 0 Å². The van der Waals surface area contributed by atoms with E-state index in [0.717, 1.165) is 19.3 Å². The molecule has 0 saturated carbocycles. The first kappa shape index (κ1) is 21.5. The molecule has 0 saturated heterocycles. The van der Waals surface area contributed by atoms with Gasteiger partial charge >= 0.3 is 0 Å². The zero-order valence-corrected chi connectivity index (χ0v) is 15.1. The first-order chi connectivity index (χ1) is 10.8. The second kappa shape index (κ2) is 18.6. The summed E-state index contributed by atoms with van der Waals surface area (Å²) in [4.78, 5) is 0. The van der Waals surface area contributed by atoms with Gasteiger partial charge in [-0.1, -0.05) is 96.8 Å². The molecule has 1 heteroatoms. The maximum Gasteiger partial charge on any atom is 0.0549 e. The molecular formula is C21H40O. The van der Waals surface area contributed by atoms with E-state index in [1.165, 1.54) is 83.5 Å². The average Bonchev–Trinajstić information content (AvgIpc) is 2.53. The third-order valence-corrected chi connectivity index (χ3v) is 4.51. The van der Waals surface area contributed by atoms with E-state index in [2.05, 4.69) is 12.8 Å². The Balaban J connectivity index is 3.04. The molecule has 0 rings (SSSR count). The number of hydrogen-bond acceptors (Lipinski definition) is 1. The molecule has 0 aliphatic heterocycles. The molecule has 0 spiro atoms. The Morgan fingerprint density at radius 3 is 1.50 bits per heavy atom. The van der Waals surface area contributed by atoms with Crippen molar-refractivity contribution in [3.8, 4) is 12.3 Å². The van der Waals surface area contributed by atoms with E-state index in [0.29, 0.717) is 6.42 Å². The van der Waals surface area contributed by atoms with E-state index >= 15 is 0 Å². The molecule has 0 aliphatic rings. The lowest BCUT2D eigenvalue weighted by Crippen LogP contribution is -2.05. The molecule has 0 fully saturated rings. The van der Waals surface area contributed by atoms with Gasteiger partial charge in [-0.2, -0.15) is 0 Å². The second-order valence-corrected chi connectivity index (χ2v) is 6.78. The van der Waals surface area contributed by atoms with Crippen molar-refractivity contribution in [1.29, 1.82) is 0 Å². The summed E-state index contributed by atoms with van der Waals surface area (Å²) >= 11 is 0. The van der Waals surface area contributed by atoms with Gasteiger partial charge < -0.3 is 5.11 Å². The van der Waals surface area contributed by atoms with Crippen molar-refractivity contribution in [3.05, 3.63) is 0 Å². The van der Waals surface area contributed by atoms with E-state index in [9.17, 15) is 5.11 Å². The molecule has 0 aromatic heterocycles. The van der Waals surface area contributed by atoms with Crippen LogP contribution in [0.1, 0.15) is 116 Å². The quantitative estimate of drug-likeness (QED) is 0.236. The standard InChI is InChI=1S/C21H40O/c1-3-5-7-8-9-10-11-12-13-14-15-16-17-18-20-21(22)19-6-4-2/h2,21-22H,3,5-20H2,1H3. The van der Waals surface area contributed by atoms with Crippen LogP contribution in [-0.2, 0) is 0 Å². The van der Waals surface area contributed by atoms with Gasteiger partial charge in [0.05, 0.1) is 6.10 Å². The Bertz CT molecular complexity index is 241. The fourth-order valence-electron chi connectivity index (χ4n) is 2.97. The summed E-state index contributed by atoms with van der Waals surface area (Å²) in [5.74, 6) is 2.59. The predicted molar refractivity (Wildman–Crippen MR) is 99.0 cm³/mol. The number of rotatable bonds is 17. The molecule has 1 nitrogen and oxygen atoms in total. The fraction of sp³-hybridized carbons (Fsp3) is 0.905. The summed E-state index contributed by atoms with van der Waals surface area (Å²) in [5, 5.41) is 9.68. The first-order valence-corrected chi connectivity index (χ1v) is 9.92. The topological polar surface area (TPSA) is 20.2 Å². The second-order valence-electron chi connectivity index (χ2n) is 6.78. The molecule has 0 heterocycles. The normalized spacial score (nSPS) is 12.2. The number of aliphatic hydroxyl groups is 1. The Labute approximate surface area is 140 Å². The van der Waals surface area contributed by atoms with Gasteiger partial charge in [0.2, 0.25) is 0 Å². The molecular weight excluding hydrogens is 268 g/mol. The van der Waals surface area contributed by atoms with Crippen LogP contribution in [0, 0.1) is 12.3 Å². The minimum absolute atomic E-state index is 0.173. The van der Waals surface area contributed by atoms with E-state index in [1.807, 2.05) is 0 Å². The highest BCUT2D eigenvalue weighted by atomic mass is 16.3. The molecule has 0 bridgehead atoms. The SMILES string of the molecule is C#CCCC(O)CCCCCCCCCCCCCCCC. The number of hydrogen-bond donors (Lipinski definition) is 1. The van der Waals surface area contributed by atoms with Crippen molar-refractivity contribution in [2.45, 2.75) is 122 Å². The molecule has 22 heavy (non-hydrogen) atoms. The van der Waals surface area contributed by atoms with E-state index in [4.69, 9.17) is 6.42 Å². The Morgan fingerprint density at radius 1 is 0.682 bits per heavy atom. The van der Waals surface area contributed by atoms with Crippen LogP contribution in [0.15, 0.2) is 0 Å².